The summed E-state index contributed by atoms with van der Waals surface area (Å²) < 4.78 is 0. The molecule has 3 N–H and O–H groups in total. The number of anilines is 1. The summed E-state index contributed by atoms with van der Waals surface area (Å²) in [5.41, 5.74) is 7.49. The fraction of sp³-hybridized carbons (Fsp3) is 0.417. The van der Waals surface area contributed by atoms with Crippen LogP contribution in [0.1, 0.15) is 18.4 Å². The molecule has 0 heterocycles. The summed E-state index contributed by atoms with van der Waals surface area (Å²) in [5, 5.41) is 2.68. The number of benzene rings is 1. The van der Waals surface area contributed by atoms with Crippen LogP contribution in [0.4, 0.5) is 10.5 Å². The molecule has 0 atom stereocenters. The molecule has 1 aliphatic carbocycles. The highest BCUT2D eigenvalue weighted by molar-refractivity contribution is 5.74. The molecule has 1 saturated carbocycles. The van der Waals surface area contributed by atoms with E-state index in [1.807, 2.05) is 29.2 Å². The molecule has 4 nitrogen and oxygen atoms in total. The number of nitrogens with zero attached hydrogens (tertiary/aromatic N) is 1. The van der Waals surface area contributed by atoms with Crippen LogP contribution in [-0.2, 0) is 6.54 Å². The fourth-order valence-corrected chi connectivity index (χ4v) is 1.72. The van der Waals surface area contributed by atoms with E-state index in [1.54, 1.807) is 7.05 Å². The van der Waals surface area contributed by atoms with Crippen molar-refractivity contribution in [2.24, 2.45) is 0 Å². The lowest BCUT2D eigenvalue weighted by molar-refractivity contribution is 0.194. The molecule has 0 aliphatic heterocycles. The predicted octanol–water partition coefficient (Wildman–Crippen LogP) is 1.57. The molecule has 16 heavy (non-hydrogen) atoms. The minimum Gasteiger partial charge on any atom is -0.399 e. The molecule has 2 amide bonds. The molecule has 86 valence electrons. The zero-order valence-electron chi connectivity index (χ0n) is 9.44. The highest BCUT2D eigenvalue weighted by Crippen LogP contribution is 2.28. The third-order valence-electron chi connectivity index (χ3n) is 2.80. The van der Waals surface area contributed by atoms with E-state index < -0.39 is 0 Å². The van der Waals surface area contributed by atoms with Crippen molar-refractivity contribution in [2.75, 3.05) is 12.8 Å². The van der Waals surface area contributed by atoms with Crippen LogP contribution in [0.3, 0.4) is 0 Å². The summed E-state index contributed by atoms with van der Waals surface area (Å²) in [4.78, 5) is 13.5. The van der Waals surface area contributed by atoms with Crippen molar-refractivity contribution in [3.63, 3.8) is 0 Å². The third-order valence-corrected chi connectivity index (χ3v) is 2.80. The van der Waals surface area contributed by atoms with E-state index in [0.29, 0.717) is 12.6 Å². The van der Waals surface area contributed by atoms with Crippen LogP contribution in [-0.4, -0.2) is 24.0 Å². The van der Waals surface area contributed by atoms with E-state index in [4.69, 9.17) is 5.73 Å². The van der Waals surface area contributed by atoms with E-state index in [2.05, 4.69) is 5.32 Å². The van der Waals surface area contributed by atoms with Crippen molar-refractivity contribution in [1.82, 2.24) is 10.2 Å². The Labute approximate surface area is 95.4 Å². The van der Waals surface area contributed by atoms with Gasteiger partial charge in [0.05, 0.1) is 0 Å². The molecule has 0 aromatic heterocycles. The van der Waals surface area contributed by atoms with Crippen LogP contribution in [0, 0.1) is 0 Å². The molecular formula is C12H17N3O. The third kappa shape index (κ3) is 2.45. The van der Waals surface area contributed by atoms with Gasteiger partial charge in [-0.25, -0.2) is 4.79 Å². The summed E-state index contributed by atoms with van der Waals surface area (Å²) in [6.45, 7) is 0.657. The Balaban J connectivity index is 2.05. The Kier molecular flexibility index (Phi) is 2.99. The fourth-order valence-electron chi connectivity index (χ4n) is 1.72. The van der Waals surface area contributed by atoms with Gasteiger partial charge in [0.15, 0.2) is 0 Å². The van der Waals surface area contributed by atoms with Gasteiger partial charge in [-0.3, -0.25) is 0 Å². The van der Waals surface area contributed by atoms with Gasteiger partial charge in [-0.15, -0.1) is 0 Å². The van der Waals surface area contributed by atoms with Crippen LogP contribution < -0.4 is 11.1 Å². The minimum atomic E-state index is -0.000625. The van der Waals surface area contributed by atoms with Gasteiger partial charge in [0.2, 0.25) is 0 Å². The molecule has 2 rings (SSSR count). The van der Waals surface area contributed by atoms with E-state index in [0.717, 1.165) is 24.1 Å². The molecule has 1 aromatic carbocycles. The first-order valence-electron chi connectivity index (χ1n) is 5.53. The van der Waals surface area contributed by atoms with Crippen molar-refractivity contribution in [3.05, 3.63) is 29.8 Å². The van der Waals surface area contributed by atoms with E-state index in [9.17, 15) is 4.79 Å². The van der Waals surface area contributed by atoms with Crippen molar-refractivity contribution < 1.29 is 4.79 Å². The van der Waals surface area contributed by atoms with E-state index in [1.165, 1.54) is 0 Å². The molecule has 0 spiro atoms. The van der Waals surface area contributed by atoms with Gasteiger partial charge < -0.3 is 16.0 Å². The van der Waals surface area contributed by atoms with Crippen molar-refractivity contribution >= 4 is 11.7 Å². The van der Waals surface area contributed by atoms with Gasteiger partial charge in [0, 0.05) is 25.3 Å². The summed E-state index contributed by atoms with van der Waals surface area (Å²) in [6.07, 6.45) is 2.23. The highest BCUT2D eigenvalue weighted by atomic mass is 16.2. The molecule has 4 heteroatoms. The molecule has 1 aromatic rings. The first kappa shape index (κ1) is 10.8. The quantitative estimate of drug-likeness (QED) is 0.758. The maximum Gasteiger partial charge on any atom is 0.317 e. The lowest BCUT2D eigenvalue weighted by atomic mass is 10.2. The molecule has 1 fully saturated rings. The first-order valence-corrected chi connectivity index (χ1v) is 5.53. The predicted molar refractivity (Wildman–Crippen MR) is 63.9 cm³/mol. The smallest absolute Gasteiger partial charge is 0.317 e. The van der Waals surface area contributed by atoms with Crippen LogP contribution >= 0.6 is 0 Å². The Morgan fingerprint density at radius 2 is 2.06 bits per heavy atom. The van der Waals surface area contributed by atoms with Gasteiger partial charge in [-0.1, -0.05) is 12.1 Å². The van der Waals surface area contributed by atoms with Crippen LogP contribution in [0.25, 0.3) is 0 Å². The van der Waals surface area contributed by atoms with E-state index >= 15 is 0 Å². The second kappa shape index (κ2) is 4.43. The van der Waals surface area contributed by atoms with Crippen molar-refractivity contribution in [2.45, 2.75) is 25.4 Å². The van der Waals surface area contributed by atoms with Gasteiger partial charge in [0.1, 0.15) is 0 Å². The monoisotopic (exact) mass is 219 g/mol. The molecule has 0 saturated heterocycles. The summed E-state index contributed by atoms with van der Waals surface area (Å²) in [7, 11) is 1.67. The number of nitrogens with one attached hydrogen (secondary N) is 1. The lowest BCUT2D eigenvalue weighted by Crippen LogP contribution is -2.39. The molecule has 0 bridgehead atoms. The zero-order valence-corrected chi connectivity index (χ0v) is 9.44. The molecule has 1 aliphatic rings. The Bertz CT molecular complexity index is 370. The van der Waals surface area contributed by atoms with Gasteiger partial charge >= 0.3 is 6.03 Å². The molecular weight excluding hydrogens is 202 g/mol. The van der Waals surface area contributed by atoms with Crippen molar-refractivity contribution in [1.29, 1.82) is 0 Å². The summed E-state index contributed by atoms with van der Waals surface area (Å²) >= 11 is 0. The summed E-state index contributed by atoms with van der Waals surface area (Å²) in [5.74, 6) is 0. The maximum atomic E-state index is 11.7. The largest absolute Gasteiger partial charge is 0.399 e. The molecule has 0 radical (unpaired) electrons. The zero-order chi connectivity index (χ0) is 11.5. The number of rotatable bonds is 3. The Morgan fingerprint density at radius 1 is 1.44 bits per heavy atom. The number of carbonyl (C=O) groups excluding carboxylic acids is 1. The first-order chi connectivity index (χ1) is 7.70. The number of nitrogens with two attached hydrogens (primary N) is 1. The average Bonchev–Trinajstić information content (AvgIpc) is 3.11. The van der Waals surface area contributed by atoms with Crippen molar-refractivity contribution in [3.8, 4) is 0 Å². The van der Waals surface area contributed by atoms with Gasteiger partial charge in [-0.05, 0) is 30.5 Å². The lowest BCUT2D eigenvalue weighted by Gasteiger charge is -2.21. The second-order valence-corrected chi connectivity index (χ2v) is 4.16. The van der Waals surface area contributed by atoms with E-state index in [-0.39, 0.29) is 6.03 Å². The van der Waals surface area contributed by atoms with Crippen LogP contribution in [0.2, 0.25) is 0 Å². The molecule has 0 unspecified atom stereocenters. The number of amides is 2. The number of hydrogen-bond acceptors (Lipinski definition) is 2. The number of urea groups is 1. The van der Waals surface area contributed by atoms with Gasteiger partial charge in [0.25, 0.3) is 0 Å². The summed E-state index contributed by atoms with van der Waals surface area (Å²) in [6, 6.07) is 8.08. The standard InChI is InChI=1S/C12H17N3O/c1-14-12(16)15(11-6-7-11)8-9-2-4-10(13)5-3-9/h2-5,11H,6-8,13H2,1H3,(H,14,16). The topological polar surface area (TPSA) is 58.4 Å². The Hall–Kier alpha value is -1.71. The van der Waals surface area contributed by atoms with Gasteiger partial charge in [-0.2, -0.15) is 0 Å². The highest BCUT2D eigenvalue weighted by Gasteiger charge is 2.31. The minimum absolute atomic E-state index is 0.000625. The SMILES string of the molecule is CNC(=O)N(Cc1ccc(N)cc1)C1CC1. The Morgan fingerprint density at radius 3 is 2.56 bits per heavy atom. The number of nitrogen functional groups attached to an aromatic ring is 1. The number of carbonyl (C=O) groups is 1. The second-order valence-electron chi connectivity index (χ2n) is 4.16. The maximum absolute atomic E-state index is 11.7. The van der Waals surface area contributed by atoms with Crippen LogP contribution in [0.15, 0.2) is 24.3 Å². The van der Waals surface area contributed by atoms with Crippen LogP contribution in [0.5, 0.6) is 0 Å². The normalized spacial score (nSPS) is 14.6. The average molecular weight is 219 g/mol. The number of hydrogen-bond donors (Lipinski definition) is 2.